The number of hydrazone groups is 1. The number of ether oxygens (including phenoxy) is 2. The van der Waals surface area contributed by atoms with E-state index in [0.29, 0.717) is 23.7 Å². The summed E-state index contributed by atoms with van der Waals surface area (Å²) in [5.74, 6) is 0.978. The fourth-order valence-electron chi connectivity index (χ4n) is 3.48. The number of benzene rings is 2. The molecule has 2 amide bonds. The van der Waals surface area contributed by atoms with Crippen LogP contribution in [0.1, 0.15) is 35.0 Å². The van der Waals surface area contributed by atoms with Crippen molar-refractivity contribution in [3.8, 4) is 11.5 Å². The fraction of sp³-hybridized carbons (Fsp3) is 0.250. The van der Waals surface area contributed by atoms with Gasteiger partial charge in [0.25, 0.3) is 5.91 Å². The standard InChI is InChI=1S/C24H24N4O5S/c1-4-21-22(16-7-10-18(31-2)19(11-16)32-3)27-28(24(30)34-21)13-15-5-8-17(9-6-15)26-23(29)20-12-25-14-33-20/h5-12,14,21H,4,13H2,1-3H3,(H,26,29). The zero-order valence-electron chi connectivity index (χ0n) is 19.0. The van der Waals surface area contributed by atoms with Crippen LogP contribution in [0, 0.1) is 0 Å². The van der Waals surface area contributed by atoms with E-state index < -0.39 is 0 Å². The van der Waals surface area contributed by atoms with Crippen LogP contribution in [0.25, 0.3) is 0 Å². The number of hydrogen-bond donors (Lipinski definition) is 1. The zero-order valence-corrected chi connectivity index (χ0v) is 19.8. The molecule has 0 saturated carbocycles. The van der Waals surface area contributed by atoms with E-state index in [1.165, 1.54) is 29.4 Å². The summed E-state index contributed by atoms with van der Waals surface area (Å²) >= 11 is 1.26. The molecule has 1 aromatic heterocycles. The molecule has 1 unspecified atom stereocenters. The van der Waals surface area contributed by atoms with E-state index in [9.17, 15) is 9.59 Å². The molecule has 1 atom stereocenters. The number of methoxy groups -OCH3 is 2. The van der Waals surface area contributed by atoms with Gasteiger partial charge >= 0.3 is 5.24 Å². The highest BCUT2D eigenvalue weighted by Crippen LogP contribution is 2.33. The Balaban J connectivity index is 1.53. The van der Waals surface area contributed by atoms with Gasteiger partial charge < -0.3 is 19.2 Å². The molecule has 0 spiro atoms. The SMILES string of the molecule is CCC1SC(=O)N(Cc2ccc(NC(=O)c3cnco3)cc2)N=C1c1ccc(OC)c(OC)c1. The smallest absolute Gasteiger partial charge is 0.302 e. The first-order valence-corrected chi connectivity index (χ1v) is 11.5. The van der Waals surface area contributed by atoms with Crippen LogP contribution in [-0.4, -0.2) is 46.3 Å². The summed E-state index contributed by atoms with van der Waals surface area (Å²) in [6.45, 7) is 2.33. The van der Waals surface area contributed by atoms with Crippen molar-refractivity contribution in [1.29, 1.82) is 0 Å². The number of amides is 2. The molecule has 176 valence electrons. The Hall–Kier alpha value is -3.79. The summed E-state index contributed by atoms with van der Waals surface area (Å²) in [7, 11) is 3.18. The van der Waals surface area contributed by atoms with Gasteiger partial charge in [0.05, 0.1) is 37.9 Å². The average Bonchev–Trinajstić information content (AvgIpc) is 3.41. The minimum Gasteiger partial charge on any atom is -0.493 e. The lowest BCUT2D eigenvalue weighted by Crippen LogP contribution is -2.34. The van der Waals surface area contributed by atoms with Crippen molar-refractivity contribution in [3.63, 3.8) is 0 Å². The van der Waals surface area contributed by atoms with Crippen molar-refractivity contribution in [2.75, 3.05) is 19.5 Å². The third-order valence-corrected chi connectivity index (χ3v) is 6.49. The van der Waals surface area contributed by atoms with E-state index in [-0.39, 0.29) is 22.2 Å². The van der Waals surface area contributed by atoms with Crippen LogP contribution in [0.4, 0.5) is 10.5 Å². The number of nitrogens with zero attached hydrogens (tertiary/aromatic N) is 3. The van der Waals surface area contributed by atoms with Crippen LogP contribution in [0.5, 0.6) is 11.5 Å². The third kappa shape index (κ3) is 5.07. The number of nitrogens with one attached hydrogen (secondary N) is 1. The van der Waals surface area contributed by atoms with E-state index in [1.807, 2.05) is 37.3 Å². The van der Waals surface area contributed by atoms with Gasteiger partial charge in [0.15, 0.2) is 17.9 Å². The third-order valence-electron chi connectivity index (χ3n) is 5.24. The Bertz CT molecular complexity index is 1190. The molecule has 1 N–H and O–H groups in total. The molecule has 2 heterocycles. The largest absolute Gasteiger partial charge is 0.493 e. The number of carbonyl (C=O) groups is 2. The highest BCUT2D eigenvalue weighted by molar-refractivity contribution is 8.14. The van der Waals surface area contributed by atoms with Crippen molar-refractivity contribution in [3.05, 3.63) is 71.9 Å². The van der Waals surface area contributed by atoms with Crippen LogP contribution < -0.4 is 14.8 Å². The summed E-state index contributed by atoms with van der Waals surface area (Å²) < 4.78 is 15.8. The van der Waals surface area contributed by atoms with Crippen molar-refractivity contribution in [2.45, 2.75) is 25.1 Å². The Morgan fingerprint density at radius 1 is 1.15 bits per heavy atom. The topological polar surface area (TPSA) is 106 Å². The van der Waals surface area contributed by atoms with Gasteiger partial charge in [0.1, 0.15) is 0 Å². The number of oxazole rings is 1. The molecule has 2 aromatic carbocycles. The minimum atomic E-state index is -0.386. The van der Waals surface area contributed by atoms with E-state index in [1.54, 1.807) is 26.4 Å². The summed E-state index contributed by atoms with van der Waals surface area (Å²) in [6, 6.07) is 12.8. The second-order valence-electron chi connectivity index (χ2n) is 7.41. The Morgan fingerprint density at radius 3 is 2.56 bits per heavy atom. The van der Waals surface area contributed by atoms with Gasteiger partial charge in [-0.1, -0.05) is 30.8 Å². The summed E-state index contributed by atoms with van der Waals surface area (Å²) in [4.78, 5) is 28.6. The highest BCUT2D eigenvalue weighted by atomic mass is 32.2. The van der Waals surface area contributed by atoms with E-state index in [2.05, 4.69) is 10.3 Å². The van der Waals surface area contributed by atoms with Crippen LogP contribution >= 0.6 is 11.8 Å². The molecule has 1 aliphatic heterocycles. The lowest BCUT2D eigenvalue weighted by Gasteiger charge is -2.28. The molecule has 1 aliphatic rings. The Labute approximate surface area is 201 Å². The molecule has 0 radical (unpaired) electrons. The molecule has 9 nitrogen and oxygen atoms in total. The maximum atomic E-state index is 12.8. The van der Waals surface area contributed by atoms with Crippen molar-refractivity contribution in [2.24, 2.45) is 5.10 Å². The Morgan fingerprint density at radius 2 is 1.91 bits per heavy atom. The van der Waals surface area contributed by atoms with Gasteiger partial charge in [-0.15, -0.1) is 0 Å². The minimum absolute atomic E-state index is 0.0597. The second kappa shape index (κ2) is 10.4. The van der Waals surface area contributed by atoms with Gasteiger partial charge in [0.2, 0.25) is 5.76 Å². The predicted molar refractivity (Wildman–Crippen MR) is 130 cm³/mol. The molecule has 0 saturated heterocycles. The maximum Gasteiger partial charge on any atom is 0.302 e. The number of hydrogen-bond acceptors (Lipinski definition) is 8. The first-order chi connectivity index (χ1) is 16.5. The van der Waals surface area contributed by atoms with Crippen molar-refractivity contribution >= 4 is 34.3 Å². The maximum absolute atomic E-state index is 12.8. The average molecular weight is 481 g/mol. The van der Waals surface area contributed by atoms with Crippen molar-refractivity contribution < 1.29 is 23.5 Å². The molecule has 0 fully saturated rings. The van der Waals surface area contributed by atoms with Gasteiger partial charge in [-0.25, -0.2) is 9.99 Å². The van der Waals surface area contributed by atoms with Crippen LogP contribution in [0.2, 0.25) is 0 Å². The number of anilines is 1. The summed E-state index contributed by atoms with van der Waals surface area (Å²) in [5.41, 5.74) is 3.16. The molecule has 10 heteroatoms. The lowest BCUT2D eigenvalue weighted by atomic mass is 10.0. The van der Waals surface area contributed by atoms with Gasteiger partial charge in [-0.3, -0.25) is 9.59 Å². The molecular weight excluding hydrogens is 456 g/mol. The molecular formula is C24H24N4O5S. The van der Waals surface area contributed by atoms with Gasteiger partial charge in [0, 0.05) is 11.3 Å². The molecule has 0 aliphatic carbocycles. The molecule has 4 rings (SSSR count). The van der Waals surface area contributed by atoms with Crippen LogP contribution in [0.15, 0.2) is 64.6 Å². The Kier molecular flexibility index (Phi) is 7.17. The van der Waals surface area contributed by atoms with Gasteiger partial charge in [-0.2, -0.15) is 5.10 Å². The van der Waals surface area contributed by atoms with Crippen molar-refractivity contribution in [1.82, 2.24) is 9.99 Å². The second-order valence-corrected chi connectivity index (χ2v) is 8.56. The predicted octanol–water partition coefficient (Wildman–Crippen LogP) is 4.80. The number of rotatable bonds is 8. The molecule has 0 bridgehead atoms. The van der Waals surface area contributed by atoms with E-state index >= 15 is 0 Å². The number of carbonyl (C=O) groups excluding carboxylic acids is 2. The highest BCUT2D eigenvalue weighted by Gasteiger charge is 2.30. The zero-order chi connectivity index (χ0) is 24.1. The van der Waals surface area contributed by atoms with Crippen LogP contribution in [0.3, 0.4) is 0 Å². The molecule has 3 aromatic rings. The number of thioether (sulfide) groups is 1. The summed E-state index contributed by atoms with van der Waals surface area (Å²) in [6.07, 6.45) is 3.31. The van der Waals surface area contributed by atoms with Gasteiger partial charge in [-0.05, 0) is 42.3 Å². The lowest BCUT2D eigenvalue weighted by molar-refractivity contribution is 0.0996. The monoisotopic (exact) mass is 480 g/mol. The molecule has 34 heavy (non-hydrogen) atoms. The fourth-order valence-corrected chi connectivity index (χ4v) is 4.41. The first-order valence-electron chi connectivity index (χ1n) is 10.6. The van der Waals surface area contributed by atoms with Crippen LogP contribution in [-0.2, 0) is 6.54 Å². The first kappa shape index (κ1) is 23.4. The van der Waals surface area contributed by atoms with E-state index in [4.69, 9.17) is 19.0 Å². The number of aromatic nitrogens is 1. The van der Waals surface area contributed by atoms with E-state index in [0.717, 1.165) is 23.3 Å². The normalized spacial score (nSPS) is 15.6. The summed E-state index contributed by atoms with van der Waals surface area (Å²) in [5, 5.41) is 8.74. The quantitative estimate of drug-likeness (QED) is 0.494.